The Balaban J connectivity index is 0.00000312. The average Bonchev–Trinajstić information content (AvgIpc) is 2.52. The summed E-state index contributed by atoms with van der Waals surface area (Å²) >= 11 is 6.42. The summed E-state index contributed by atoms with van der Waals surface area (Å²) in [5.74, 6) is 1.24. The Morgan fingerprint density at radius 3 is 2.24 bits per heavy atom. The minimum atomic E-state index is 0. The van der Waals surface area contributed by atoms with Gasteiger partial charge in [0.25, 0.3) is 0 Å². The number of methoxy groups -OCH3 is 1. The lowest BCUT2D eigenvalue weighted by molar-refractivity contribution is 0.284. The molecule has 0 saturated carbocycles. The number of benzene rings is 2. The van der Waals surface area contributed by atoms with E-state index in [0.717, 1.165) is 17.7 Å². The van der Waals surface area contributed by atoms with Crippen LogP contribution in [0.25, 0.3) is 0 Å². The summed E-state index contributed by atoms with van der Waals surface area (Å²) < 4.78 is 11.4. The second-order valence-corrected chi connectivity index (χ2v) is 7.39. The molecule has 0 aliphatic heterocycles. The third-order valence-corrected chi connectivity index (χ3v) is 3.90. The molecule has 0 atom stereocenters. The molecule has 0 aromatic heterocycles. The molecular weight excluding hydrogens is 357 g/mol. The third-order valence-electron chi connectivity index (χ3n) is 3.62. The number of aryl methyl sites for hydroxylation is 1. The van der Waals surface area contributed by atoms with Gasteiger partial charge in [0.2, 0.25) is 0 Å². The molecule has 25 heavy (non-hydrogen) atoms. The monoisotopic (exact) mass is 383 g/mol. The first-order valence-electron chi connectivity index (χ1n) is 8.08. The van der Waals surface area contributed by atoms with Crippen molar-refractivity contribution >= 4 is 24.0 Å². The highest BCUT2D eigenvalue weighted by molar-refractivity contribution is 6.32. The van der Waals surface area contributed by atoms with Crippen LogP contribution in [-0.4, -0.2) is 12.6 Å². The molecule has 0 spiro atoms. The summed E-state index contributed by atoms with van der Waals surface area (Å²) in [5, 5.41) is 4.01. The normalized spacial score (nSPS) is 11.0. The van der Waals surface area contributed by atoms with Gasteiger partial charge >= 0.3 is 0 Å². The van der Waals surface area contributed by atoms with Gasteiger partial charge in [0.1, 0.15) is 6.61 Å². The fraction of sp³-hybridized carbons (Fsp3) is 0.400. The SMILES string of the molecule is COc1cc(CNC(C)(C)C)cc(Cl)c1OCc1ccc(C)cc1.Cl. The van der Waals surface area contributed by atoms with Crippen molar-refractivity contribution in [2.24, 2.45) is 0 Å². The zero-order chi connectivity index (χ0) is 17.7. The number of halogens is 2. The van der Waals surface area contributed by atoms with Crippen LogP contribution in [0.1, 0.15) is 37.5 Å². The van der Waals surface area contributed by atoms with Crippen LogP contribution in [0.15, 0.2) is 36.4 Å². The molecule has 0 aliphatic carbocycles. The van der Waals surface area contributed by atoms with Crippen molar-refractivity contribution in [2.75, 3.05) is 7.11 Å². The van der Waals surface area contributed by atoms with Crippen LogP contribution in [0.4, 0.5) is 0 Å². The van der Waals surface area contributed by atoms with Gasteiger partial charge in [0, 0.05) is 12.1 Å². The highest BCUT2D eigenvalue weighted by Crippen LogP contribution is 2.37. The second-order valence-electron chi connectivity index (χ2n) is 6.99. The Bertz CT molecular complexity index is 679. The van der Waals surface area contributed by atoms with Crippen LogP contribution in [0.5, 0.6) is 11.5 Å². The van der Waals surface area contributed by atoms with Crippen molar-refractivity contribution in [1.82, 2.24) is 5.32 Å². The Kier molecular flexibility index (Phi) is 8.07. The number of hydrogen-bond donors (Lipinski definition) is 1. The minimum absolute atomic E-state index is 0. The molecule has 2 aromatic carbocycles. The van der Waals surface area contributed by atoms with Crippen LogP contribution in [-0.2, 0) is 13.2 Å². The van der Waals surface area contributed by atoms with Gasteiger partial charge < -0.3 is 14.8 Å². The van der Waals surface area contributed by atoms with Gasteiger partial charge in [-0.2, -0.15) is 0 Å². The fourth-order valence-corrected chi connectivity index (χ4v) is 2.51. The van der Waals surface area contributed by atoms with Gasteiger partial charge in [0.15, 0.2) is 11.5 Å². The van der Waals surface area contributed by atoms with Gasteiger partial charge in [-0.05, 0) is 51.0 Å². The first-order valence-corrected chi connectivity index (χ1v) is 8.46. The number of rotatable bonds is 6. The summed E-state index contributed by atoms with van der Waals surface area (Å²) in [7, 11) is 1.63. The van der Waals surface area contributed by atoms with E-state index in [9.17, 15) is 0 Å². The molecule has 0 bridgehead atoms. The summed E-state index contributed by atoms with van der Waals surface area (Å²) in [5.41, 5.74) is 3.43. The van der Waals surface area contributed by atoms with Crippen LogP contribution in [0.2, 0.25) is 5.02 Å². The van der Waals surface area contributed by atoms with E-state index in [2.05, 4.69) is 57.3 Å². The molecule has 5 heteroatoms. The zero-order valence-corrected chi connectivity index (χ0v) is 17.1. The van der Waals surface area contributed by atoms with Gasteiger partial charge in [-0.3, -0.25) is 0 Å². The molecule has 1 N–H and O–H groups in total. The van der Waals surface area contributed by atoms with Gasteiger partial charge in [-0.25, -0.2) is 0 Å². The molecule has 0 fully saturated rings. The van der Waals surface area contributed by atoms with Crippen molar-refractivity contribution in [1.29, 1.82) is 0 Å². The number of nitrogens with one attached hydrogen (secondary N) is 1. The van der Waals surface area contributed by atoms with Crippen molar-refractivity contribution in [3.05, 3.63) is 58.1 Å². The Morgan fingerprint density at radius 2 is 1.68 bits per heavy atom. The van der Waals surface area contributed by atoms with Crippen LogP contribution >= 0.6 is 24.0 Å². The highest BCUT2D eigenvalue weighted by Gasteiger charge is 2.14. The molecule has 0 unspecified atom stereocenters. The maximum atomic E-state index is 6.42. The summed E-state index contributed by atoms with van der Waals surface area (Å²) in [6, 6.07) is 12.1. The lowest BCUT2D eigenvalue weighted by Gasteiger charge is -2.21. The van der Waals surface area contributed by atoms with E-state index in [1.54, 1.807) is 7.11 Å². The maximum Gasteiger partial charge on any atom is 0.180 e. The molecule has 138 valence electrons. The molecule has 0 radical (unpaired) electrons. The number of hydrogen-bond acceptors (Lipinski definition) is 3. The molecule has 2 rings (SSSR count). The molecule has 0 saturated heterocycles. The predicted octanol–water partition coefficient (Wildman–Crippen LogP) is 5.55. The molecule has 0 heterocycles. The first kappa shape index (κ1) is 21.6. The van der Waals surface area contributed by atoms with Crippen LogP contribution in [0.3, 0.4) is 0 Å². The van der Waals surface area contributed by atoms with E-state index < -0.39 is 0 Å². The summed E-state index contributed by atoms with van der Waals surface area (Å²) in [6.07, 6.45) is 0. The van der Waals surface area contributed by atoms with Gasteiger partial charge in [0.05, 0.1) is 12.1 Å². The molecule has 3 nitrogen and oxygen atoms in total. The molecule has 2 aromatic rings. The average molecular weight is 384 g/mol. The van der Waals surface area contributed by atoms with Crippen LogP contribution in [0, 0.1) is 6.92 Å². The first-order chi connectivity index (χ1) is 11.3. The number of ether oxygens (including phenoxy) is 2. The van der Waals surface area contributed by atoms with E-state index in [1.165, 1.54) is 5.56 Å². The van der Waals surface area contributed by atoms with E-state index in [1.807, 2.05) is 12.1 Å². The Labute approximate surface area is 162 Å². The summed E-state index contributed by atoms with van der Waals surface area (Å²) in [4.78, 5) is 0. The quantitative estimate of drug-likeness (QED) is 0.709. The molecule has 0 aliphatic rings. The highest BCUT2D eigenvalue weighted by atomic mass is 35.5. The molecule has 0 amide bonds. The van der Waals surface area contributed by atoms with Crippen molar-refractivity contribution in [2.45, 2.75) is 46.4 Å². The van der Waals surface area contributed by atoms with Crippen molar-refractivity contribution in [3.63, 3.8) is 0 Å². The van der Waals surface area contributed by atoms with Crippen molar-refractivity contribution in [3.8, 4) is 11.5 Å². The van der Waals surface area contributed by atoms with Gasteiger partial charge in [-0.1, -0.05) is 41.4 Å². The zero-order valence-electron chi connectivity index (χ0n) is 15.5. The lowest BCUT2D eigenvalue weighted by atomic mass is 10.1. The van der Waals surface area contributed by atoms with Crippen LogP contribution < -0.4 is 14.8 Å². The second kappa shape index (κ2) is 9.33. The molecular formula is C20H27Cl2NO2. The van der Waals surface area contributed by atoms with Gasteiger partial charge in [-0.15, -0.1) is 12.4 Å². The smallest absolute Gasteiger partial charge is 0.180 e. The largest absolute Gasteiger partial charge is 0.493 e. The minimum Gasteiger partial charge on any atom is -0.493 e. The predicted molar refractivity (Wildman–Crippen MR) is 107 cm³/mol. The van der Waals surface area contributed by atoms with E-state index in [-0.39, 0.29) is 17.9 Å². The Morgan fingerprint density at radius 1 is 1.04 bits per heavy atom. The summed E-state index contributed by atoms with van der Waals surface area (Å²) in [6.45, 7) is 9.63. The fourth-order valence-electron chi connectivity index (χ4n) is 2.22. The van der Waals surface area contributed by atoms with E-state index in [0.29, 0.717) is 23.1 Å². The third kappa shape index (κ3) is 6.77. The van der Waals surface area contributed by atoms with Crippen molar-refractivity contribution < 1.29 is 9.47 Å². The standard InChI is InChI=1S/C20H26ClNO2.ClH/c1-14-6-8-15(9-7-14)13-24-19-17(21)10-16(11-18(19)23-5)12-22-20(2,3)4;/h6-11,22H,12-13H2,1-5H3;1H. The Hall–Kier alpha value is -1.42. The van der Waals surface area contributed by atoms with E-state index >= 15 is 0 Å². The van der Waals surface area contributed by atoms with E-state index in [4.69, 9.17) is 21.1 Å². The maximum absolute atomic E-state index is 6.42. The lowest BCUT2D eigenvalue weighted by Crippen LogP contribution is -2.35. The topological polar surface area (TPSA) is 30.5 Å².